The number of hydrogen-bond donors (Lipinski definition) is 0. The SMILES string of the molecule is CC(=O)/C(F)=C/N1CCOCC1. The molecule has 0 unspecified atom stereocenters. The lowest BCUT2D eigenvalue weighted by molar-refractivity contribution is -0.115. The van der Waals surface area contributed by atoms with E-state index in [1.165, 1.54) is 13.1 Å². The van der Waals surface area contributed by atoms with E-state index in [1.54, 1.807) is 4.90 Å². The van der Waals surface area contributed by atoms with Crippen LogP contribution in [0.2, 0.25) is 0 Å². The lowest BCUT2D eigenvalue weighted by atomic mass is 10.3. The molecule has 0 spiro atoms. The molecule has 68 valence electrons. The number of carbonyl (C=O) groups is 1. The summed E-state index contributed by atoms with van der Waals surface area (Å²) >= 11 is 0. The van der Waals surface area contributed by atoms with Crippen molar-refractivity contribution in [1.29, 1.82) is 0 Å². The molecule has 4 heteroatoms. The molecule has 1 saturated heterocycles. The van der Waals surface area contributed by atoms with Crippen LogP contribution in [0, 0.1) is 0 Å². The third-order valence-corrected chi connectivity index (χ3v) is 1.68. The highest BCUT2D eigenvalue weighted by Gasteiger charge is 2.09. The predicted octanol–water partition coefficient (Wildman–Crippen LogP) is 0.719. The molecular formula is C8H12FNO2. The van der Waals surface area contributed by atoms with E-state index in [1.807, 2.05) is 0 Å². The number of halogens is 1. The smallest absolute Gasteiger partial charge is 0.189 e. The quantitative estimate of drug-likeness (QED) is 0.576. The highest BCUT2D eigenvalue weighted by Crippen LogP contribution is 2.03. The minimum atomic E-state index is -0.683. The molecule has 3 nitrogen and oxygen atoms in total. The molecule has 1 heterocycles. The molecule has 0 bridgehead atoms. The minimum Gasteiger partial charge on any atom is -0.378 e. The Labute approximate surface area is 70.8 Å². The first kappa shape index (κ1) is 9.19. The number of allylic oxidation sites excluding steroid dienone is 1. The van der Waals surface area contributed by atoms with Crippen molar-refractivity contribution in [1.82, 2.24) is 4.90 Å². The van der Waals surface area contributed by atoms with Crippen molar-refractivity contribution in [3.63, 3.8) is 0 Å². The molecular weight excluding hydrogens is 161 g/mol. The molecule has 0 N–H and O–H groups in total. The summed E-state index contributed by atoms with van der Waals surface area (Å²) in [7, 11) is 0. The zero-order valence-electron chi connectivity index (χ0n) is 7.05. The molecule has 0 aliphatic carbocycles. The van der Waals surface area contributed by atoms with Crippen LogP contribution in [0.5, 0.6) is 0 Å². The van der Waals surface area contributed by atoms with E-state index < -0.39 is 11.6 Å². The van der Waals surface area contributed by atoms with Gasteiger partial charge in [0, 0.05) is 26.2 Å². The third kappa shape index (κ3) is 2.62. The van der Waals surface area contributed by atoms with Crippen molar-refractivity contribution in [2.75, 3.05) is 26.3 Å². The Morgan fingerprint density at radius 1 is 1.50 bits per heavy atom. The summed E-state index contributed by atoms with van der Waals surface area (Å²) in [4.78, 5) is 12.3. The first-order chi connectivity index (χ1) is 5.70. The van der Waals surface area contributed by atoms with Crippen LogP contribution in [0.4, 0.5) is 4.39 Å². The van der Waals surface area contributed by atoms with Gasteiger partial charge in [0.05, 0.1) is 13.2 Å². The van der Waals surface area contributed by atoms with E-state index in [0.717, 1.165) is 0 Å². The summed E-state index contributed by atoms with van der Waals surface area (Å²) in [6.45, 7) is 3.72. The summed E-state index contributed by atoms with van der Waals surface area (Å²) in [5.41, 5.74) is 0. The Morgan fingerprint density at radius 2 is 2.08 bits per heavy atom. The van der Waals surface area contributed by atoms with Crippen molar-refractivity contribution in [2.45, 2.75) is 6.92 Å². The van der Waals surface area contributed by atoms with E-state index in [0.29, 0.717) is 26.3 Å². The maximum Gasteiger partial charge on any atom is 0.189 e. The van der Waals surface area contributed by atoms with Gasteiger partial charge in [0.25, 0.3) is 0 Å². The van der Waals surface area contributed by atoms with Crippen LogP contribution in [-0.2, 0) is 9.53 Å². The highest BCUT2D eigenvalue weighted by atomic mass is 19.1. The van der Waals surface area contributed by atoms with Gasteiger partial charge in [0.15, 0.2) is 11.6 Å². The van der Waals surface area contributed by atoms with Crippen LogP contribution in [0.25, 0.3) is 0 Å². The molecule has 0 amide bonds. The average molecular weight is 173 g/mol. The van der Waals surface area contributed by atoms with Gasteiger partial charge >= 0.3 is 0 Å². The van der Waals surface area contributed by atoms with E-state index in [9.17, 15) is 9.18 Å². The number of ether oxygens (including phenoxy) is 1. The van der Waals surface area contributed by atoms with Gasteiger partial charge in [-0.05, 0) is 0 Å². The molecule has 12 heavy (non-hydrogen) atoms. The Balaban J connectivity index is 2.47. The summed E-state index contributed by atoms with van der Waals surface area (Å²) in [5.74, 6) is -1.21. The van der Waals surface area contributed by atoms with Crippen LogP contribution >= 0.6 is 0 Å². The number of nitrogens with zero attached hydrogens (tertiary/aromatic N) is 1. The van der Waals surface area contributed by atoms with Crippen LogP contribution in [0.1, 0.15) is 6.92 Å². The monoisotopic (exact) mass is 173 g/mol. The van der Waals surface area contributed by atoms with Gasteiger partial charge < -0.3 is 9.64 Å². The summed E-state index contributed by atoms with van der Waals surface area (Å²) < 4.78 is 17.8. The molecule has 0 aromatic rings. The molecule has 0 radical (unpaired) electrons. The van der Waals surface area contributed by atoms with Gasteiger partial charge in [0.2, 0.25) is 0 Å². The van der Waals surface area contributed by atoms with Crippen LogP contribution in [0.15, 0.2) is 12.0 Å². The third-order valence-electron chi connectivity index (χ3n) is 1.68. The summed E-state index contributed by atoms with van der Waals surface area (Å²) in [6.07, 6.45) is 1.25. The fourth-order valence-electron chi connectivity index (χ4n) is 0.958. The van der Waals surface area contributed by atoms with Gasteiger partial charge in [-0.2, -0.15) is 0 Å². The second-order valence-electron chi connectivity index (χ2n) is 2.68. The Morgan fingerprint density at radius 3 is 2.58 bits per heavy atom. The fraction of sp³-hybridized carbons (Fsp3) is 0.625. The average Bonchev–Trinajstić information content (AvgIpc) is 2.06. The van der Waals surface area contributed by atoms with Crippen molar-refractivity contribution >= 4 is 5.78 Å². The second kappa shape index (κ2) is 4.21. The van der Waals surface area contributed by atoms with Crippen molar-refractivity contribution in [3.8, 4) is 0 Å². The molecule has 1 fully saturated rings. The molecule has 0 aromatic heterocycles. The van der Waals surface area contributed by atoms with Crippen molar-refractivity contribution in [3.05, 3.63) is 12.0 Å². The Bertz CT molecular complexity index is 197. The Kier molecular flexibility index (Phi) is 3.22. The van der Waals surface area contributed by atoms with E-state index >= 15 is 0 Å². The zero-order chi connectivity index (χ0) is 8.97. The number of Topliss-reactive ketones (excluding diaryl/α,β-unsaturated/α-hetero) is 1. The van der Waals surface area contributed by atoms with Gasteiger partial charge in [-0.15, -0.1) is 0 Å². The molecule has 0 saturated carbocycles. The normalized spacial score (nSPS) is 19.5. The first-order valence-corrected chi connectivity index (χ1v) is 3.90. The van der Waals surface area contributed by atoms with Gasteiger partial charge in [0.1, 0.15) is 0 Å². The second-order valence-corrected chi connectivity index (χ2v) is 2.68. The number of ketones is 1. The van der Waals surface area contributed by atoms with Crippen molar-refractivity contribution in [2.24, 2.45) is 0 Å². The maximum atomic E-state index is 12.7. The van der Waals surface area contributed by atoms with E-state index in [4.69, 9.17) is 4.74 Å². The number of morpholine rings is 1. The Hall–Kier alpha value is -0.900. The molecule has 0 atom stereocenters. The predicted molar refractivity (Wildman–Crippen MR) is 42.3 cm³/mol. The largest absolute Gasteiger partial charge is 0.378 e. The molecule has 1 aliphatic rings. The number of rotatable bonds is 2. The topological polar surface area (TPSA) is 29.5 Å². The molecule has 0 aromatic carbocycles. The summed E-state index contributed by atoms with van der Waals surface area (Å²) in [5, 5.41) is 0. The fourth-order valence-corrected chi connectivity index (χ4v) is 0.958. The lowest BCUT2D eigenvalue weighted by Crippen LogP contribution is -2.32. The lowest BCUT2D eigenvalue weighted by Gasteiger charge is -2.24. The van der Waals surface area contributed by atoms with Crippen LogP contribution in [0.3, 0.4) is 0 Å². The summed E-state index contributed by atoms with van der Waals surface area (Å²) in [6, 6.07) is 0. The van der Waals surface area contributed by atoms with E-state index in [-0.39, 0.29) is 0 Å². The van der Waals surface area contributed by atoms with Crippen LogP contribution in [-0.4, -0.2) is 37.0 Å². The van der Waals surface area contributed by atoms with Gasteiger partial charge in [-0.1, -0.05) is 0 Å². The maximum absolute atomic E-state index is 12.7. The van der Waals surface area contributed by atoms with Gasteiger partial charge in [-0.25, -0.2) is 4.39 Å². The number of hydrogen-bond acceptors (Lipinski definition) is 3. The number of carbonyl (C=O) groups excluding carboxylic acids is 1. The minimum absolute atomic E-state index is 0.526. The first-order valence-electron chi connectivity index (χ1n) is 3.90. The molecule has 1 aliphatic heterocycles. The molecule has 1 rings (SSSR count). The highest BCUT2D eigenvalue weighted by molar-refractivity contribution is 5.90. The zero-order valence-corrected chi connectivity index (χ0v) is 7.05. The van der Waals surface area contributed by atoms with Crippen LogP contribution < -0.4 is 0 Å². The van der Waals surface area contributed by atoms with Crippen molar-refractivity contribution < 1.29 is 13.9 Å². The standard InChI is InChI=1S/C8H12FNO2/c1-7(11)8(9)6-10-2-4-12-5-3-10/h6H,2-5H2,1H3/b8-6-. The van der Waals surface area contributed by atoms with E-state index in [2.05, 4.69) is 0 Å². The van der Waals surface area contributed by atoms with Gasteiger partial charge in [-0.3, -0.25) is 4.79 Å².